The fourth-order valence-electron chi connectivity index (χ4n) is 3.45. The van der Waals surface area contributed by atoms with Gasteiger partial charge in [-0.15, -0.1) is 0 Å². The number of ether oxygens (including phenoxy) is 1. The molecule has 2 amide bonds. The number of esters is 1. The summed E-state index contributed by atoms with van der Waals surface area (Å²) in [4.78, 5) is 26.6. The molecule has 1 unspecified atom stereocenters. The number of nitrogens with one attached hydrogen (secondary N) is 1. The Morgan fingerprint density at radius 2 is 1.75 bits per heavy atom. The monoisotopic (exact) mass is 442 g/mol. The van der Waals surface area contributed by atoms with E-state index in [0.29, 0.717) is 18.7 Å². The van der Waals surface area contributed by atoms with Crippen LogP contribution >= 0.6 is 22.6 Å². The summed E-state index contributed by atoms with van der Waals surface area (Å²) in [7, 11) is 0. The van der Waals surface area contributed by atoms with E-state index in [1.165, 1.54) is 19.3 Å². The molecule has 1 saturated heterocycles. The van der Waals surface area contributed by atoms with Crippen LogP contribution in [0.25, 0.3) is 0 Å². The van der Waals surface area contributed by atoms with Gasteiger partial charge in [0.2, 0.25) is 0 Å². The molecule has 0 aromatic heterocycles. The van der Waals surface area contributed by atoms with Crippen LogP contribution in [-0.2, 0) is 4.79 Å². The normalized spacial score (nSPS) is 21.5. The molecule has 2 aliphatic rings. The first kappa shape index (κ1) is 17.5. The number of amides is 2. The number of nitrogens with zero attached hydrogens (tertiary/aromatic N) is 1. The minimum atomic E-state index is -0.479. The van der Waals surface area contributed by atoms with Crippen molar-refractivity contribution in [3.63, 3.8) is 0 Å². The summed E-state index contributed by atoms with van der Waals surface area (Å²) < 4.78 is 6.54. The molecule has 24 heavy (non-hydrogen) atoms. The van der Waals surface area contributed by atoms with Crippen molar-refractivity contribution >= 4 is 34.6 Å². The zero-order chi connectivity index (χ0) is 16.9. The molecule has 1 heterocycles. The Bertz CT molecular complexity index is 584. The number of hydrogen-bond acceptors (Lipinski definition) is 3. The highest BCUT2D eigenvalue weighted by atomic mass is 127. The first-order valence-corrected chi connectivity index (χ1v) is 9.76. The Labute approximate surface area is 156 Å². The van der Waals surface area contributed by atoms with Crippen LogP contribution in [0.3, 0.4) is 0 Å². The van der Waals surface area contributed by atoms with Gasteiger partial charge < -0.3 is 15.0 Å². The van der Waals surface area contributed by atoms with Crippen molar-refractivity contribution in [2.45, 2.75) is 57.0 Å². The molecule has 1 N–H and O–H groups in total. The SMILES string of the molecule is O=C(Oc1ccc(I)cc1)C1CCCN1C(=O)NC1CCCCC1. The number of benzene rings is 1. The molecule has 5 nitrogen and oxygen atoms in total. The molecule has 0 radical (unpaired) electrons. The summed E-state index contributed by atoms with van der Waals surface area (Å²) in [6.45, 7) is 0.616. The molecule has 1 aliphatic heterocycles. The molecular weight excluding hydrogens is 419 g/mol. The third-order valence-corrected chi connectivity index (χ3v) is 5.47. The van der Waals surface area contributed by atoms with E-state index >= 15 is 0 Å². The number of urea groups is 1. The molecule has 3 rings (SSSR count). The highest BCUT2D eigenvalue weighted by molar-refractivity contribution is 14.1. The smallest absolute Gasteiger partial charge is 0.334 e. The van der Waals surface area contributed by atoms with Crippen LogP contribution in [0.1, 0.15) is 44.9 Å². The second kappa shape index (κ2) is 8.18. The Morgan fingerprint density at radius 3 is 2.46 bits per heavy atom. The number of likely N-dealkylation sites (tertiary alicyclic amines) is 1. The maximum Gasteiger partial charge on any atom is 0.334 e. The predicted molar refractivity (Wildman–Crippen MR) is 99.9 cm³/mol. The van der Waals surface area contributed by atoms with Gasteiger partial charge in [-0.2, -0.15) is 0 Å². The van der Waals surface area contributed by atoms with Gasteiger partial charge in [-0.25, -0.2) is 9.59 Å². The zero-order valence-electron chi connectivity index (χ0n) is 13.7. The van der Waals surface area contributed by atoms with Crippen LogP contribution in [0.4, 0.5) is 4.79 Å². The van der Waals surface area contributed by atoms with E-state index in [1.807, 2.05) is 12.1 Å². The van der Waals surface area contributed by atoms with E-state index in [1.54, 1.807) is 17.0 Å². The van der Waals surface area contributed by atoms with Gasteiger partial charge in [0.15, 0.2) is 0 Å². The summed E-state index contributed by atoms with van der Waals surface area (Å²) >= 11 is 2.20. The van der Waals surface area contributed by atoms with Crippen molar-refractivity contribution in [3.8, 4) is 5.75 Å². The Hall–Kier alpha value is -1.31. The van der Waals surface area contributed by atoms with E-state index in [9.17, 15) is 9.59 Å². The Morgan fingerprint density at radius 1 is 1.04 bits per heavy atom. The molecule has 1 aromatic rings. The van der Waals surface area contributed by atoms with Crippen LogP contribution in [0.2, 0.25) is 0 Å². The summed E-state index contributed by atoms with van der Waals surface area (Å²) in [5.74, 6) is 0.187. The van der Waals surface area contributed by atoms with Crippen LogP contribution < -0.4 is 10.1 Å². The molecular formula is C18H23IN2O3. The standard InChI is InChI=1S/C18H23IN2O3/c19-13-8-10-15(11-9-13)24-17(22)16-7-4-12-21(16)18(23)20-14-5-2-1-3-6-14/h8-11,14,16H,1-7,12H2,(H,20,23). The predicted octanol–water partition coefficient (Wildman–Crippen LogP) is 3.70. The number of hydrogen-bond donors (Lipinski definition) is 1. The van der Waals surface area contributed by atoms with E-state index in [-0.39, 0.29) is 18.0 Å². The fraction of sp³-hybridized carbons (Fsp3) is 0.556. The van der Waals surface area contributed by atoms with Gasteiger partial charge in [0.05, 0.1) is 0 Å². The van der Waals surface area contributed by atoms with Crippen molar-refractivity contribution in [1.82, 2.24) is 10.2 Å². The third-order valence-electron chi connectivity index (χ3n) is 4.75. The summed E-state index contributed by atoms with van der Waals surface area (Å²) in [5.41, 5.74) is 0. The highest BCUT2D eigenvalue weighted by Crippen LogP contribution is 2.23. The lowest BCUT2D eigenvalue weighted by atomic mass is 9.96. The largest absolute Gasteiger partial charge is 0.425 e. The van der Waals surface area contributed by atoms with Gasteiger partial charge in [-0.3, -0.25) is 0 Å². The highest BCUT2D eigenvalue weighted by Gasteiger charge is 2.36. The maximum absolute atomic E-state index is 12.5. The topological polar surface area (TPSA) is 58.6 Å². The molecule has 0 spiro atoms. The maximum atomic E-state index is 12.5. The van der Waals surface area contributed by atoms with Crippen molar-refractivity contribution in [2.75, 3.05) is 6.54 Å². The van der Waals surface area contributed by atoms with E-state index in [2.05, 4.69) is 27.9 Å². The first-order valence-electron chi connectivity index (χ1n) is 8.68. The zero-order valence-corrected chi connectivity index (χ0v) is 15.8. The summed E-state index contributed by atoms with van der Waals surface area (Å²) in [6.07, 6.45) is 7.17. The van der Waals surface area contributed by atoms with Crippen LogP contribution in [-0.4, -0.2) is 35.5 Å². The van der Waals surface area contributed by atoms with E-state index in [0.717, 1.165) is 22.8 Å². The second-order valence-corrected chi connectivity index (χ2v) is 7.76. The van der Waals surface area contributed by atoms with E-state index < -0.39 is 6.04 Å². The molecule has 6 heteroatoms. The lowest BCUT2D eigenvalue weighted by molar-refractivity contribution is -0.138. The second-order valence-electron chi connectivity index (χ2n) is 6.51. The molecule has 1 saturated carbocycles. The van der Waals surface area contributed by atoms with Gasteiger partial charge in [-0.1, -0.05) is 19.3 Å². The average molecular weight is 442 g/mol. The molecule has 1 atom stereocenters. The number of carbonyl (C=O) groups is 2. The van der Waals surface area contributed by atoms with Gasteiger partial charge in [0.25, 0.3) is 0 Å². The molecule has 1 aromatic carbocycles. The number of rotatable bonds is 3. The Kier molecular flexibility index (Phi) is 5.97. The van der Waals surface area contributed by atoms with Crippen molar-refractivity contribution < 1.29 is 14.3 Å². The first-order chi connectivity index (χ1) is 11.6. The van der Waals surface area contributed by atoms with Crippen molar-refractivity contribution in [1.29, 1.82) is 0 Å². The van der Waals surface area contributed by atoms with Gasteiger partial charge in [0.1, 0.15) is 11.8 Å². The molecule has 1 aliphatic carbocycles. The average Bonchev–Trinajstić information content (AvgIpc) is 3.08. The van der Waals surface area contributed by atoms with Gasteiger partial charge in [-0.05, 0) is 72.5 Å². The Balaban J connectivity index is 1.58. The molecule has 0 bridgehead atoms. The lowest BCUT2D eigenvalue weighted by Gasteiger charge is -2.28. The van der Waals surface area contributed by atoms with Crippen LogP contribution in [0, 0.1) is 3.57 Å². The van der Waals surface area contributed by atoms with Crippen LogP contribution in [0.5, 0.6) is 5.75 Å². The number of carbonyl (C=O) groups excluding carboxylic acids is 2. The summed E-state index contributed by atoms with van der Waals surface area (Å²) in [5, 5.41) is 3.10. The molecule has 2 fully saturated rings. The van der Waals surface area contributed by atoms with Gasteiger partial charge >= 0.3 is 12.0 Å². The molecule has 130 valence electrons. The minimum absolute atomic E-state index is 0.121. The quantitative estimate of drug-likeness (QED) is 0.441. The third kappa shape index (κ3) is 4.40. The summed E-state index contributed by atoms with van der Waals surface area (Å²) in [6, 6.07) is 7.00. The van der Waals surface area contributed by atoms with Crippen molar-refractivity contribution in [2.24, 2.45) is 0 Å². The number of halogens is 1. The lowest BCUT2D eigenvalue weighted by Crippen LogP contribution is -2.50. The fourth-order valence-corrected chi connectivity index (χ4v) is 3.81. The van der Waals surface area contributed by atoms with Crippen LogP contribution in [0.15, 0.2) is 24.3 Å². The van der Waals surface area contributed by atoms with Gasteiger partial charge in [0, 0.05) is 16.2 Å². The van der Waals surface area contributed by atoms with E-state index in [4.69, 9.17) is 4.74 Å². The minimum Gasteiger partial charge on any atom is -0.425 e. The van der Waals surface area contributed by atoms with Crippen molar-refractivity contribution in [3.05, 3.63) is 27.8 Å².